The van der Waals surface area contributed by atoms with Crippen LogP contribution >= 0.6 is 0 Å². The molecular weight excluding hydrogens is 332 g/mol. The Hall–Kier alpha value is -2.12. The number of rotatable bonds is 7. The monoisotopic (exact) mass is 360 g/mol. The third-order valence-electron chi connectivity index (χ3n) is 5.20. The Morgan fingerprint density at radius 2 is 2.04 bits per heavy atom. The number of fused-ring (bicyclic) bond motifs is 1. The summed E-state index contributed by atoms with van der Waals surface area (Å²) in [6, 6.07) is 7.09. The number of carbonyl (C=O) groups excluding carboxylic acids is 2. The van der Waals surface area contributed by atoms with Gasteiger partial charge in [-0.1, -0.05) is 18.2 Å². The van der Waals surface area contributed by atoms with E-state index in [1.54, 1.807) is 12.0 Å². The molecular formula is C19H28N4O3. The van der Waals surface area contributed by atoms with E-state index in [9.17, 15) is 9.59 Å². The summed E-state index contributed by atoms with van der Waals surface area (Å²) >= 11 is 0. The molecule has 7 nitrogen and oxygen atoms in total. The van der Waals surface area contributed by atoms with Crippen LogP contribution in [0.3, 0.4) is 0 Å². The highest BCUT2D eigenvalue weighted by molar-refractivity contribution is 5.97. The van der Waals surface area contributed by atoms with Crippen molar-refractivity contribution in [3.63, 3.8) is 0 Å². The zero-order valence-corrected chi connectivity index (χ0v) is 15.3. The molecule has 2 aliphatic rings. The third kappa shape index (κ3) is 3.99. The van der Waals surface area contributed by atoms with E-state index in [0.29, 0.717) is 32.6 Å². The molecule has 142 valence electrons. The van der Waals surface area contributed by atoms with Crippen LogP contribution in [0.4, 0.5) is 0 Å². The number of amides is 2. The summed E-state index contributed by atoms with van der Waals surface area (Å²) < 4.78 is 5.41. The van der Waals surface area contributed by atoms with Crippen molar-refractivity contribution in [2.45, 2.75) is 37.9 Å². The van der Waals surface area contributed by atoms with Crippen molar-refractivity contribution in [1.82, 2.24) is 15.1 Å². The predicted molar refractivity (Wildman–Crippen MR) is 98.6 cm³/mol. The number of piperazine rings is 2. The van der Waals surface area contributed by atoms with Crippen LogP contribution in [-0.4, -0.2) is 67.0 Å². The summed E-state index contributed by atoms with van der Waals surface area (Å²) in [5.41, 5.74) is 6.60. The molecule has 0 saturated carbocycles. The van der Waals surface area contributed by atoms with Gasteiger partial charge in [-0.3, -0.25) is 14.5 Å². The van der Waals surface area contributed by atoms with Crippen molar-refractivity contribution in [3.8, 4) is 5.75 Å². The Morgan fingerprint density at radius 3 is 2.81 bits per heavy atom. The molecule has 3 N–H and O–H groups in total. The molecule has 3 rings (SSSR count). The molecule has 0 bridgehead atoms. The van der Waals surface area contributed by atoms with Crippen LogP contribution in [0.5, 0.6) is 5.75 Å². The van der Waals surface area contributed by atoms with Gasteiger partial charge in [0.2, 0.25) is 11.8 Å². The molecule has 0 aromatic heterocycles. The lowest BCUT2D eigenvalue weighted by Gasteiger charge is -2.45. The van der Waals surface area contributed by atoms with Gasteiger partial charge in [0.15, 0.2) is 0 Å². The normalized spacial score (nSPS) is 23.5. The second-order valence-electron chi connectivity index (χ2n) is 6.94. The quantitative estimate of drug-likeness (QED) is 0.685. The van der Waals surface area contributed by atoms with E-state index in [0.717, 1.165) is 30.7 Å². The number of benzene rings is 1. The lowest BCUT2D eigenvalue weighted by Crippen LogP contribution is -2.69. The first-order valence-electron chi connectivity index (χ1n) is 9.29. The number of methoxy groups -OCH3 is 1. The molecule has 7 heteroatoms. The molecule has 2 heterocycles. The Bertz CT molecular complexity index is 651. The number of hydrogen-bond donors (Lipinski definition) is 2. The van der Waals surface area contributed by atoms with Crippen molar-refractivity contribution in [1.29, 1.82) is 0 Å². The van der Waals surface area contributed by atoms with E-state index in [-0.39, 0.29) is 11.8 Å². The number of nitrogens with two attached hydrogens (primary N) is 1. The van der Waals surface area contributed by atoms with Gasteiger partial charge in [0, 0.05) is 31.7 Å². The number of unbranched alkanes of at least 4 members (excludes halogenated alkanes) is 1. The van der Waals surface area contributed by atoms with E-state index in [2.05, 4.69) is 10.2 Å². The summed E-state index contributed by atoms with van der Waals surface area (Å²) in [6.45, 7) is 3.20. The zero-order chi connectivity index (χ0) is 18.5. The van der Waals surface area contributed by atoms with Crippen molar-refractivity contribution in [2.24, 2.45) is 5.73 Å². The van der Waals surface area contributed by atoms with Gasteiger partial charge in [-0.05, 0) is 31.9 Å². The van der Waals surface area contributed by atoms with Crippen LogP contribution in [0.1, 0.15) is 24.8 Å². The van der Waals surface area contributed by atoms with Gasteiger partial charge in [0.05, 0.1) is 7.11 Å². The van der Waals surface area contributed by atoms with E-state index >= 15 is 0 Å². The molecule has 2 atom stereocenters. The summed E-state index contributed by atoms with van der Waals surface area (Å²) in [6.07, 6.45) is 2.39. The Labute approximate surface area is 154 Å². The van der Waals surface area contributed by atoms with Gasteiger partial charge in [0.1, 0.15) is 17.8 Å². The van der Waals surface area contributed by atoms with Crippen LogP contribution in [-0.2, 0) is 16.1 Å². The molecule has 2 fully saturated rings. The largest absolute Gasteiger partial charge is 0.496 e. The highest BCUT2D eigenvalue weighted by Crippen LogP contribution is 2.23. The summed E-state index contributed by atoms with van der Waals surface area (Å²) in [5, 5.41) is 2.91. The zero-order valence-electron chi connectivity index (χ0n) is 15.3. The second kappa shape index (κ2) is 8.51. The summed E-state index contributed by atoms with van der Waals surface area (Å²) in [4.78, 5) is 29.2. The van der Waals surface area contributed by atoms with E-state index < -0.39 is 12.1 Å². The number of carbonyl (C=O) groups is 2. The lowest BCUT2D eigenvalue weighted by atomic mass is 10.00. The number of para-hydroxylation sites is 1. The highest BCUT2D eigenvalue weighted by Gasteiger charge is 2.43. The van der Waals surface area contributed by atoms with E-state index in [1.165, 1.54) is 0 Å². The van der Waals surface area contributed by atoms with Gasteiger partial charge in [0.25, 0.3) is 0 Å². The maximum Gasteiger partial charge on any atom is 0.245 e. The van der Waals surface area contributed by atoms with Crippen molar-refractivity contribution in [2.75, 3.05) is 33.3 Å². The number of hydrogen-bond acceptors (Lipinski definition) is 5. The minimum absolute atomic E-state index is 0.0450. The fraction of sp³-hybridized carbons (Fsp3) is 0.579. The van der Waals surface area contributed by atoms with Crippen molar-refractivity contribution in [3.05, 3.63) is 29.8 Å². The molecule has 1 aromatic rings. The standard InChI is InChI=1S/C19H28N4O3/c1-26-17-8-3-2-6-14(17)12-22-10-11-23-16(13-22)18(24)21-15(19(23)25)7-4-5-9-20/h2-3,6,8,15-16H,4-5,7,9-13,20H2,1H3,(H,21,24)/t15-,16+/m0/s1. The van der Waals surface area contributed by atoms with E-state index in [4.69, 9.17) is 10.5 Å². The molecule has 0 unspecified atom stereocenters. The second-order valence-corrected chi connectivity index (χ2v) is 6.94. The smallest absolute Gasteiger partial charge is 0.245 e. The van der Waals surface area contributed by atoms with Crippen molar-refractivity contribution < 1.29 is 14.3 Å². The van der Waals surface area contributed by atoms with Gasteiger partial charge in [-0.2, -0.15) is 0 Å². The Morgan fingerprint density at radius 1 is 1.23 bits per heavy atom. The lowest BCUT2D eigenvalue weighted by molar-refractivity contribution is -0.153. The average Bonchev–Trinajstić information content (AvgIpc) is 2.66. The van der Waals surface area contributed by atoms with Gasteiger partial charge in [-0.25, -0.2) is 0 Å². The predicted octanol–water partition coefficient (Wildman–Crippen LogP) is 0.335. The van der Waals surface area contributed by atoms with Crippen LogP contribution < -0.4 is 15.8 Å². The SMILES string of the molecule is COc1ccccc1CN1CCN2C(=O)[C@H](CCCCN)NC(=O)[C@H]2C1. The molecule has 1 aromatic carbocycles. The fourth-order valence-electron chi connectivity index (χ4n) is 3.76. The number of nitrogens with one attached hydrogen (secondary N) is 1. The first-order chi connectivity index (χ1) is 12.6. The average molecular weight is 360 g/mol. The molecule has 0 spiro atoms. The van der Waals surface area contributed by atoms with E-state index in [1.807, 2.05) is 24.3 Å². The molecule has 2 aliphatic heterocycles. The molecule has 26 heavy (non-hydrogen) atoms. The van der Waals surface area contributed by atoms with Crippen LogP contribution in [0.15, 0.2) is 24.3 Å². The highest BCUT2D eigenvalue weighted by atomic mass is 16.5. The maximum absolute atomic E-state index is 12.7. The van der Waals surface area contributed by atoms with Gasteiger partial charge < -0.3 is 20.7 Å². The summed E-state index contributed by atoms with van der Waals surface area (Å²) in [7, 11) is 1.66. The maximum atomic E-state index is 12.7. The number of nitrogens with zero attached hydrogens (tertiary/aromatic N) is 2. The molecule has 0 radical (unpaired) electrons. The first-order valence-corrected chi connectivity index (χ1v) is 9.29. The molecule has 0 aliphatic carbocycles. The van der Waals surface area contributed by atoms with Crippen LogP contribution in [0.2, 0.25) is 0 Å². The Balaban J connectivity index is 1.62. The van der Waals surface area contributed by atoms with Gasteiger partial charge >= 0.3 is 0 Å². The molecule has 2 saturated heterocycles. The van der Waals surface area contributed by atoms with Crippen LogP contribution in [0.25, 0.3) is 0 Å². The minimum Gasteiger partial charge on any atom is -0.496 e. The number of ether oxygens (including phenoxy) is 1. The van der Waals surface area contributed by atoms with Crippen molar-refractivity contribution >= 4 is 11.8 Å². The van der Waals surface area contributed by atoms with Gasteiger partial charge in [-0.15, -0.1) is 0 Å². The minimum atomic E-state index is -0.406. The third-order valence-corrected chi connectivity index (χ3v) is 5.20. The summed E-state index contributed by atoms with van der Waals surface area (Å²) in [5.74, 6) is 0.842. The van der Waals surface area contributed by atoms with Crippen LogP contribution in [0, 0.1) is 0 Å². The molecule has 2 amide bonds. The Kier molecular flexibility index (Phi) is 6.11. The fourth-order valence-corrected chi connectivity index (χ4v) is 3.76. The first kappa shape index (κ1) is 18.7. The topological polar surface area (TPSA) is 87.9 Å².